The Bertz CT molecular complexity index is 947. The summed E-state index contributed by atoms with van der Waals surface area (Å²) < 4.78 is 5.17. The molecule has 152 valence electrons. The second kappa shape index (κ2) is 8.47. The van der Waals surface area contributed by atoms with Gasteiger partial charge in [-0.1, -0.05) is 12.1 Å². The molecule has 1 aliphatic heterocycles. The van der Waals surface area contributed by atoms with Crippen molar-refractivity contribution in [1.82, 2.24) is 0 Å². The Hall–Kier alpha value is -3.15. The highest BCUT2D eigenvalue weighted by molar-refractivity contribution is 6.00. The number of esters is 1. The fourth-order valence-electron chi connectivity index (χ4n) is 3.51. The third-order valence-corrected chi connectivity index (χ3v) is 5.11. The predicted octanol–water partition coefficient (Wildman–Crippen LogP) is 3.46. The first-order valence-electron chi connectivity index (χ1n) is 9.65. The van der Waals surface area contributed by atoms with Gasteiger partial charge in [-0.15, -0.1) is 0 Å². The first kappa shape index (κ1) is 20.6. The summed E-state index contributed by atoms with van der Waals surface area (Å²) in [6.45, 7) is 7.77. The summed E-state index contributed by atoms with van der Waals surface area (Å²) in [7, 11) is 0. The molecule has 0 bridgehead atoms. The number of amides is 2. The first-order chi connectivity index (χ1) is 13.7. The van der Waals surface area contributed by atoms with Crippen LogP contribution in [0.15, 0.2) is 36.4 Å². The van der Waals surface area contributed by atoms with Crippen LogP contribution in [0.3, 0.4) is 0 Å². The summed E-state index contributed by atoms with van der Waals surface area (Å²) in [5.74, 6) is -1.62. The van der Waals surface area contributed by atoms with Crippen LogP contribution in [0.1, 0.15) is 28.7 Å². The molecule has 3 rings (SSSR count). The van der Waals surface area contributed by atoms with Gasteiger partial charge in [-0.05, 0) is 74.2 Å². The molecule has 0 saturated carbocycles. The van der Waals surface area contributed by atoms with E-state index in [-0.39, 0.29) is 25.5 Å². The predicted molar refractivity (Wildman–Crippen MR) is 112 cm³/mol. The van der Waals surface area contributed by atoms with Crippen LogP contribution in [-0.2, 0) is 19.1 Å². The van der Waals surface area contributed by atoms with E-state index in [0.29, 0.717) is 5.69 Å². The van der Waals surface area contributed by atoms with Gasteiger partial charge in [0.15, 0.2) is 6.61 Å². The van der Waals surface area contributed by atoms with E-state index in [0.717, 1.165) is 27.9 Å². The third-order valence-electron chi connectivity index (χ3n) is 5.11. The van der Waals surface area contributed by atoms with Gasteiger partial charge in [0.2, 0.25) is 5.91 Å². The zero-order valence-corrected chi connectivity index (χ0v) is 17.2. The zero-order chi connectivity index (χ0) is 21.1. The van der Waals surface area contributed by atoms with Gasteiger partial charge in [0, 0.05) is 24.3 Å². The molecule has 2 aromatic rings. The number of carbonyl (C=O) groups excluding carboxylic acids is 3. The van der Waals surface area contributed by atoms with E-state index in [4.69, 9.17) is 4.74 Å². The third kappa shape index (κ3) is 5.02. The van der Waals surface area contributed by atoms with Crippen molar-refractivity contribution in [1.29, 1.82) is 0 Å². The molecule has 2 aromatic carbocycles. The number of benzene rings is 2. The lowest BCUT2D eigenvalue weighted by Gasteiger charge is -2.17. The van der Waals surface area contributed by atoms with E-state index >= 15 is 0 Å². The molecule has 2 amide bonds. The van der Waals surface area contributed by atoms with E-state index in [1.165, 1.54) is 0 Å². The zero-order valence-electron chi connectivity index (χ0n) is 17.2. The van der Waals surface area contributed by atoms with Crippen molar-refractivity contribution in [2.24, 2.45) is 5.92 Å². The van der Waals surface area contributed by atoms with Gasteiger partial charge in [0.25, 0.3) is 5.91 Å². The van der Waals surface area contributed by atoms with Crippen LogP contribution >= 0.6 is 0 Å². The highest BCUT2D eigenvalue weighted by Crippen LogP contribution is 2.27. The smallest absolute Gasteiger partial charge is 0.311 e. The summed E-state index contributed by atoms with van der Waals surface area (Å²) in [6, 6.07) is 11.5. The lowest BCUT2D eigenvalue weighted by atomic mass is 10.1. The number of ether oxygens (including phenoxy) is 1. The number of rotatable bonds is 5. The lowest BCUT2D eigenvalue weighted by molar-refractivity contribution is -0.151. The van der Waals surface area contributed by atoms with Gasteiger partial charge in [0.05, 0.1) is 5.92 Å². The van der Waals surface area contributed by atoms with E-state index < -0.39 is 17.8 Å². The van der Waals surface area contributed by atoms with Crippen LogP contribution in [0.5, 0.6) is 0 Å². The summed E-state index contributed by atoms with van der Waals surface area (Å²) in [5.41, 5.74) is 5.75. The van der Waals surface area contributed by atoms with Crippen LogP contribution < -0.4 is 10.2 Å². The van der Waals surface area contributed by atoms with Crippen LogP contribution in [0.4, 0.5) is 11.4 Å². The Balaban J connectivity index is 1.55. The van der Waals surface area contributed by atoms with Gasteiger partial charge in [-0.25, -0.2) is 0 Å². The van der Waals surface area contributed by atoms with Crippen LogP contribution in [0.25, 0.3) is 0 Å². The van der Waals surface area contributed by atoms with E-state index in [1.807, 2.05) is 64.1 Å². The molecule has 29 heavy (non-hydrogen) atoms. The number of hydrogen-bond acceptors (Lipinski definition) is 4. The van der Waals surface area contributed by atoms with Crippen LogP contribution in [-0.4, -0.2) is 30.9 Å². The maximum Gasteiger partial charge on any atom is 0.311 e. The number of nitrogens with one attached hydrogen (secondary N) is 1. The highest BCUT2D eigenvalue weighted by Gasteiger charge is 2.36. The van der Waals surface area contributed by atoms with Crippen molar-refractivity contribution < 1.29 is 19.1 Å². The molecule has 1 atom stereocenters. The molecular formula is C23H26N2O4. The van der Waals surface area contributed by atoms with Crippen molar-refractivity contribution >= 4 is 29.2 Å². The van der Waals surface area contributed by atoms with Gasteiger partial charge in [-0.3, -0.25) is 14.4 Å². The molecule has 1 aliphatic rings. The Morgan fingerprint density at radius 3 is 2.38 bits per heavy atom. The maximum absolute atomic E-state index is 12.4. The van der Waals surface area contributed by atoms with Crippen molar-refractivity contribution in [2.45, 2.75) is 34.1 Å². The van der Waals surface area contributed by atoms with Gasteiger partial charge in [0.1, 0.15) is 0 Å². The summed E-state index contributed by atoms with van der Waals surface area (Å²) in [4.78, 5) is 38.5. The lowest BCUT2D eigenvalue weighted by Crippen LogP contribution is -2.28. The van der Waals surface area contributed by atoms with Crippen molar-refractivity contribution in [3.05, 3.63) is 58.7 Å². The van der Waals surface area contributed by atoms with Crippen molar-refractivity contribution in [3.63, 3.8) is 0 Å². The standard InChI is InChI=1S/C23H26N2O4/c1-14-7-15(2)9-19(8-14)24-21(26)13-29-23(28)18-11-22(27)25(12-18)20-6-5-16(3)17(4)10-20/h5-10,18H,11-13H2,1-4H3,(H,24,26)/t18-/m0/s1. The Morgan fingerprint density at radius 1 is 1.03 bits per heavy atom. The first-order valence-corrected chi connectivity index (χ1v) is 9.65. The number of carbonyl (C=O) groups is 3. The fourth-order valence-corrected chi connectivity index (χ4v) is 3.51. The molecule has 0 radical (unpaired) electrons. The molecule has 1 fully saturated rings. The minimum Gasteiger partial charge on any atom is -0.455 e. The number of hydrogen-bond donors (Lipinski definition) is 1. The Morgan fingerprint density at radius 2 is 1.72 bits per heavy atom. The molecule has 0 aliphatic carbocycles. The second-order valence-corrected chi connectivity index (χ2v) is 7.71. The van der Waals surface area contributed by atoms with Gasteiger partial charge >= 0.3 is 5.97 Å². The molecule has 6 heteroatoms. The molecule has 6 nitrogen and oxygen atoms in total. The second-order valence-electron chi connectivity index (χ2n) is 7.71. The minimum atomic E-state index is -0.571. The summed E-state index contributed by atoms with van der Waals surface area (Å²) in [6.07, 6.45) is 0.0877. The topological polar surface area (TPSA) is 75.7 Å². The minimum absolute atomic E-state index is 0.0877. The maximum atomic E-state index is 12.4. The fraction of sp³-hybridized carbons (Fsp3) is 0.348. The summed E-state index contributed by atoms with van der Waals surface area (Å²) >= 11 is 0. The molecule has 0 spiro atoms. The Kier molecular flexibility index (Phi) is 6.01. The van der Waals surface area contributed by atoms with E-state index in [2.05, 4.69) is 5.32 Å². The molecule has 1 saturated heterocycles. The SMILES string of the molecule is Cc1cc(C)cc(NC(=O)COC(=O)[C@H]2CC(=O)N(c3ccc(C)c(C)c3)C2)c1. The van der Waals surface area contributed by atoms with Crippen LogP contribution in [0, 0.1) is 33.6 Å². The van der Waals surface area contributed by atoms with E-state index in [9.17, 15) is 14.4 Å². The molecule has 0 unspecified atom stereocenters. The molecule has 0 aromatic heterocycles. The molecular weight excluding hydrogens is 368 g/mol. The van der Waals surface area contributed by atoms with Crippen molar-refractivity contribution in [2.75, 3.05) is 23.4 Å². The quantitative estimate of drug-likeness (QED) is 0.788. The monoisotopic (exact) mass is 394 g/mol. The van der Waals surface area contributed by atoms with Gasteiger partial charge < -0.3 is 15.0 Å². The Labute approximate surface area is 170 Å². The normalized spacial score (nSPS) is 16.1. The van der Waals surface area contributed by atoms with Gasteiger partial charge in [-0.2, -0.15) is 0 Å². The molecule has 1 heterocycles. The number of nitrogens with zero attached hydrogens (tertiary/aromatic N) is 1. The summed E-state index contributed by atoms with van der Waals surface area (Å²) in [5, 5.41) is 2.73. The average Bonchev–Trinajstić information content (AvgIpc) is 3.03. The van der Waals surface area contributed by atoms with Crippen LogP contribution in [0.2, 0.25) is 0 Å². The largest absolute Gasteiger partial charge is 0.455 e. The number of anilines is 2. The van der Waals surface area contributed by atoms with Crippen molar-refractivity contribution in [3.8, 4) is 0 Å². The average molecular weight is 394 g/mol. The van der Waals surface area contributed by atoms with E-state index in [1.54, 1.807) is 4.90 Å². The highest BCUT2D eigenvalue weighted by atomic mass is 16.5. The number of aryl methyl sites for hydroxylation is 4. The molecule has 1 N–H and O–H groups in total.